The van der Waals surface area contributed by atoms with Crippen LogP contribution >= 0.6 is 48.6 Å². The summed E-state index contributed by atoms with van der Waals surface area (Å²) in [6, 6.07) is 9.85. The van der Waals surface area contributed by atoms with Gasteiger partial charge in [0, 0.05) is 34.5 Å². The zero-order valence-corrected chi connectivity index (χ0v) is 20.3. The SMILES string of the molecule is COc1ccc(-c2[nH]ncc2-c2ccc3ncc(-c4nccs4)n3c2)cc1OC.Cl.Cl.Cl. The van der Waals surface area contributed by atoms with Crippen molar-refractivity contribution in [3.05, 3.63) is 60.5 Å². The Morgan fingerprint density at radius 1 is 0.906 bits per heavy atom. The molecule has 0 saturated carbocycles. The van der Waals surface area contributed by atoms with Crippen LogP contribution < -0.4 is 9.47 Å². The molecule has 11 heteroatoms. The number of H-pyrrole nitrogens is 1. The molecular weight excluding hydrogens is 493 g/mol. The number of hydrogen-bond acceptors (Lipinski definition) is 6. The minimum atomic E-state index is 0. The number of imidazole rings is 1. The smallest absolute Gasteiger partial charge is 0.161 e. The first-order valence-corrected chi connectivity index (χ1v) is 9.79. The second-order valence-corrected chi connectivity index (χ2v) is 7.25. The van der Waals surface area contributed by atoms with Gasteiger partial charge >= 0.3 is 0 Å². The van der Waals surface area contributed by atoms with E-state index in [9.17, 15) is 0 Å². The number of hydrogen-bond donors (Lipinski definition) is 1. The van der Waals surface area contributed by atoms with Crippen LogP contribution in [-0.2, 0) is 0 Å². The third-order valence-corrected chi connectivity index (χ3v) is 5.58. The number of benzene rings is 1. The molecule has 0 unspecified atom stereocenters. The number of aromatic amines is 1. The molecule has 0 bridgehead atoms. The normalized spacial score (nSPS) is 10.1. The molecule has 0 amide bonds. The molecule has 7 nitrogen and oxygen atoms in total. The van der Waals surface area contributed by atoms with Crippen molar-refractivity contribution in [2.24, 2.45) is 0 Å². The topological polar surface area (TPSA) is 77.3 Å². The Bertz CT molecular complexity index is 1300. The van der Waals surface area contributed by atoms with Gasteiger partial charge in [0.25, 0.3) is 0 Å². The van der Waals surface area contributed by atoms with E-state index in [4.69, 9.17) is 9.47 Å². The lowest BCUT2D eigenvalue weighted by atomic mass is 10.0. The van der Waals surface area contributed by atoms with Gasteiger partial charge in [-0.1, -0.05) is 0 Å². The van der Waals surface area contributed by atoms with E-state index in [1.165, 1.54) is 0 Å². The van der Waals surface area contributed by atoms with E-state index >= 15 is 0 Å². The fourth-order valence-electron chi connectivity index (χ4n) is 3.36. The van der Waals surface area contributed by atoms with E-state index in [0.717, 1.165) is 38.7 Å². The Morgan fingerprint density at radius 2 is 1.69 bits per heavy atom. The maximum absolute atomic E-state index is 5.45. The molecule has 0 saturated heterocycles. The molecule has 1 N–H and O–H groups in total. The second-order valence-electron chi connectivity index (χ2n) is 6.36. The van der Waals surface area contributed by atoms with Gasteiger partial charge in [0.15, 0.2) is 11.5 Å². The predicted octanol–water partition coefficient (Wildman–Crippen LogP) is 5.80. The maximum atomic E-state index is 5.45. The summed E-state index contributed by atoms with van der Waals surface area (Å²) in [7, 11) is 3.25. The first-order chi connectivity index (χ1) is 14.3. The minimum Gasteiger partial charge on any atom is -0.493 e. The van der Waals surface area contributed by atoms with Crippen LogP contribution in [0.25, 0.3) is 38.7 Å². The number of rotatable bonds is 5. The molecule has 0 atom stereocenters. The van der Waals surface area contributed by atoms with Crippen LogP contribution in [0.2, 0.25) is 0 Å². The predicted molar refractivity (Wildman–Crippen MR) is 134 cm³/mol. The molecule has 0 aliphatic heterocycles. The molecule has 32 heavy (non-hydrogen) atoms. The standard InChI is InChI=1S/C21H17N5O2S.3ClH/c1-27-17-5-3-13(9-18(17)28-2)20-15(10-24-25-20)14-4-6-19-23-11-16(26(19)12-14)21-22-7-8-29-21;;;/h3-12H,1-2H3,(H,24,25);3*1H. The van der Waals surface area contributed by atoms with Gasteiger partial charge < -0.3 is 9.47 Å². The summed E-state index contributed by atoms with van der Waals surface area (Å²) < 4.78 is 12.8. The summed E-state index contributed by atoms with van der Waals surface area (Å²) in [5, 5.41) is 10.3. The van der Waals surface area contributed by atoms with Gasteiger partial charge in [0.1, 0.15) is 16.3 Å². The van der Waals surface area contributed by atoms with E-state index in [-0.39, 0.29) is 37.2 Å². The second kappa shape index (κ2) is 10.7. The van der Waals surface area contributed by atoms with Gasteiger partial charge in [-0.3, -0.25) is 9.50 Å². The zero-order chi connectivity index (χ0) is 19.8. The number of fused-ring (bicyclic) bond motifs is 1. The van der Waals surface area contributed by atoms with E-state index in [2.05, 4.69) is 30.8 Å². The molecule has 4 aromatic heterocycles. The summed E-state index contributed by atoms with van der Waals surface area (Å²) in [5.41, 5.74) is 5.70. The summed E-state index contributed by atoms with van der Waals surface area (Å²) in [4.78, 5) is 8.91. The highest BCUT2D eigenvalue weighted by Gasteiger charge is 2.15. The van der Waals surface area contributed by atoms with Crippen molar-refractivity contribution < 1.29 is 9.47 Å². The monoisotopic (exact) mass is 511 g/mol. The lowest BCUT2D eigenvalue weighted by molar-refractivity contribution is 0.355. The number of ether oxygens (including phenoxy) is 2. The van der Waals surface area contributed by atoms with Gasteiger partial charge in [-0.25, -0.2) is 9.97 Å². The lowest BCUT2D eigenvalue weighted by Gasteiger charge is -2.10. The Kier molecular flexibility index (Phi) is 8.51. The first kappa shape index (κ1) is 25.5. The van der Waals surface area contributed by atoms with E-state index in [1.54, 1.807) is 31.8 Å². The molecule has 168 valence electrons. The Labute approximate surface area is 207 Å². The van der Waals surface area contributed by atoms with Crippen molar-refractivity contribution in [1.29, 1.82) is 0 Å². The number of nitrogens with zero attached hydrogens (tertiary/aromatic N) is 4. The van der Waals surface area contributed by atoms with Crippen LogP contribution in [0.3, 0.4) is 0 Å². The fraction of sp³-hybridized carbons (Fsp3) is 0.0952. The molecule has 4 heterocycles. The van der Waals surface area contributed by atoms with Gasteiger partial charge in [-0.2, -0.15) is 5.10 Å². The number of nitrogens with one attached hydrogen (secondary N) is 1. The molecule has 5 rings (SSSR count). The number of pyridine rings is 1. The molecule has 0 aliphatic carbocycles. The van der Waals surface area contributed by atoms with Gasteiger partial charge in [-0.05, 0) is 30.3 Å². The molecular formula is C21H20Cl3N5O2S. The van der Waals surface area contributed by atoms with Crippen molar-refractivity contribution in [1.82, 2.24) is 24.6 Å². The Hall–Kier alpha value is -2.78. The highest BCUT2D eigenvalue weighted by Crippen LogP contribution is 2.36. The van der Waals surface area contributed by atoms with Gasteiger partial charge in [0.2, 0.25) is 0 Å². The molecule has 1 aromatic carbocycles. The summed E-state index contributed by atoms with van der Waals surface area (Å²) >= 11 is 1.59. The Morgan fingerprint density at radius 3 is 2.41 bits per heavy atom. The highest BCUT2D eigenvalue weighted by atomic mass is 35.5. The van der Waals surface area contributed by atoms with Gasteiger partial charge in [0.05, 0.1) is 32.3 Å². The number of halogens is 3. The van der Waals surface area contributed by atoms with Crippen molar-refractivity contribution in [3.8, 4) is 44.6 Å². The zero-order valence-electron chi connectivity index (χ0n) is 17.0. The van der Waals surface area contributed by atoms with Crippen LogP contribution in [0, 0.1) is 0 Å². The number of aromatic nitrogens is 5. The molecule has 0 radical (unpaired) electrons. The number of thiazole rings is 1. The molecule has 0 spiro atoms. The van der Waals surface area contributed by atoms with Crippen molar-refractivity contribution in [2.45, 2.75) is 0 Å². The molecule has 0 fully saturated rings. The van der Waals surface area contributed by atoms with E-state index < -0.39 is 0 Å². The minimum absolute atomic E-state index is 0. The van der Waals surface area contributed by atoms with Crippen LogP contribution in [0.5, 0.6) is 11.5 Å². The van der Waals surface area contributed by atoms with Gasteiger partial charge in [-0.15, -0.1) is 48.6 Å². The summed E-state index contributed by atoms with van der Waals surface area (Å²) in [6.07, 6.45) is 7.54. The van der Waals surface area contributed by atoms with Crippen molar-refractivity contribution in [3.63, 3.8) is 0 Å². The van der Waals surface area contributed by atoms with Crippen LogP contribution in [-0.4, -0.2) is 38.8 Å². The average molecular weight is 513 g/mol. The Balaban J connectivity index is 0.00000121. The highest BCUT2D eigenvalue weighted by molar-refractivity contribution is 7.13. The lowest BCUT2D eigenvalue weighted by Crippen LogP contribution is -1.92. The first-order valence-electron chi connectivity index (χ1n) is 8.91. The van der Waals surface area contributed by atoms with Crippen LogP contribution in [0.15, 0.2) is 60.5 Å². The third-order valence-electron chi connectivity index (χ3n) is 4.78. The third kappa shape index (κ3) is 4.40. The van der Waals surface area contributed by atoms with Crippen molar-refractivity contribution >= 4 is 54.2 Å². The molecule has 5 aromatic rings. The maximum Gasteiger partial charge on any atom is 0.161 e. The van der Waals surface area contributed by atoms with E-state index in [0.29, 0.717) is 11.5 Å². The van der Waals surface area contributed by atoms with Crippen LogP contribution in [0.4, 0.5) is 0 Å². The van der Waals surface area contributed by atoms with Crippen molar-refractivity contribution in [2.75, 3.05) is 14.2 Å². The number of methoxy groups -OCH3 is 2. The largest absolute Gasteiger partial charge is 0.493 e. The quantitative estimate of drug-likeness (QED) is 0.322. The summed E-state index contributed by atoms with van der Waals surface area (Å²) in [6.45, 7) is 0. The average Bonchev–Trinajstić information content (AvgIpc) is 3.52. The summed E-state index contributed by atoms with van der Waals surface area (Å²) in [5.74, 6) is 1.35. The fourth-order valence-corrected chi connectivity index (χ4v) is 4.01. The van der Waals surface area contributed by atoms with E-state index in [1.807, 2.05) is 48.1 Å². The van der Waals surface area contributed by atoms with Crippen LogP contribution in [0.1, 0.15) is 0 Å². The molecule has 0 aliphatic rings.